The van der Waals surface area contributed by atoms with Gasteiger partial charge in [0.05, 0.1) is 0 Å². The lowest BCUT2D eigenvalue weighted by Gasteiger charge is -2.12. The maximum atomic E-state index is 12.0. The first-order valence-electron chi connectivity index (χ1n) is 8.01. The highest BCUT2D eigenvalue weighted by molar-refractivity contribution is 6.35. The van der Waals surface area contributed by atoms with Crippen LogP contribution in [0.25, 0.3) is 11.1 Å². The molecule has 0 aromatic heterocycles. The van der Waals surface area contributed by atoms with Crippen LogP contribution in [0, 0.1) is 0 Å². The van der Waals surface area contributed by atoms with Crippen LogP contribution in [-0.4, -0.2) is 12.6 Å². The van der Waals surface area contributed by atoms with Crippen LogP contribution in [0.3, 0.4) is 0 Å². The van der Waals surface area contributed by atoms with Gasteiger partial charge >= 0.3 is 5.97 Å². The molecule has 0 aliphatic heterocycles. The summed E-state index contributed by atoms with van der Waals surface area (Å²) in [6.45, 7) is -0.201. The van der Waals surface area contributed by atoms with Crippen LogP contribution in [0.5, 0.6) is 5.75 Å². The van der Waals surface area contributed by atoms with Crippen LogP contribution >= 0.6 is 23.2 Å². The van der Waals surface area contributed by atoms with Crippen LogP contribution in [0.2, 0.25) is 10.0 Å². The quantitative estimate of drug-likeness (QED) is 0.503. The Hall–Kier alpha value is -2.49. The average molecular weight is 387 g/mol. The number of rotatable bonds is 6. The number of carbonyl (C=O) groups is 1. The van der Waals surface area contributed by atoms with Gasteiger partial charge in [-0.3, -0.25) is 0 Å². The van der Waals surface area contributed by atoms with E-state index in [1.54, 1.807) is 18.2 Å². The number of carbonyl (C=O) groups excluding carboxylic acids is 1. The first-order valence-corrected chi connectivity index (χ1v) is 8.76. The van der Waals surface area contributed by atoms with E-state index in [0.717, 1.165) is 11.1 Å². The molecule has 26 heavy (non-hydrogen) atoms. The third kappa shape index (κ3) is 4.57. The van der Waals surface area contributed by atoms with Crippen LogP contribution in [0.4, 0.5) is 0 Å². The Morgan fingerprint density at radius 1 is 0.808 bits per heavy atom. The summed E-state index contributed by atoms with van der Waals surface area (Å²) in [6, 6.07) is 22.5. The Morgan fingerprint density at radius 2 is 1.46 bits per heavy atom. The number of esters is 1. The van der Waals surface area contributed by atoms with E-state index in [1.165, 1.54) is 0 Å². The molecule has 0 saturated carbocycles. The number of hydrogen-bond donors (Lipinski definition) is 0. The summed E-state index contributed by atoms with van der Waals surface area (Å²) in [5, 5.41) is 0.918. The molecule has 0 fully saturated rings. The molecule has 3 aromatic rings. The molecular weight excluding hydrogens is 371 g/mol. The molecule has 132 valence electrons. The minimum Gasteiger partial charge on any atom is -0.481 e. The van der Waals surface area contributed by atoms with Gasteiger partial charge in [0.15, 0.2) is 6.61 Å². The van der Waals surface area contributed by atoms with E-state index < -0.39 is 5.97 Å². The van der Waals surface area contributed by atoms with Gasteiger partial charge in [0.25, 0.3) is 0 Å². The molecule has 0 amide bonds. The summed E-state index contributed by atoms with van der Waals surface area (Å²) in [7, 11) is 0. The van der Waals surface area contributed by atoms with Gasteiger partial charge in [-0.25, -0.2) is 4.79 Å². The SMILES string of the molecule is O=C(COc1ccccc1-c1ccccc1)OCc1c(Cl)cccc1Cl. The van der Waals surface area contributed by atoms with Crippen molar-refractivity contribution in [3.8, 4) is 16.9 Å². The lowest BCUT2D eigenvalue weighted by Crippen LogP contribution is -2.15. The summed E-state index contributed by atoms with van der Waals surface area (Å²) in [5.41, 5.74) is 2.50. The fourth-order valence-corrected chi connectivity index (χ4v) is 2.96. The van der Waals surface area contributed by atoms with Crippen molar-refractivity contribution >= 4 is 29.2 Å². The molecule has 0 heterocycles. The molecule has 3 aromatic carbocycles. The zero-order valence-electron chi connectivity index (χ0n) is 13.8. The second-order valence-electron chi connectivity index (χ2n) is 5.51. The van der Waals surface area contributed by atoms with Crippen LogP contribution in [0.1, 0.15) is 5.56 Å². The summed E-state index contributed by atoms with van der Waals surface area (Å²) in [4.78, 5) is 12.0. The fraction of sp³-hybridized carbons (Fsp3) is 0.0952. The van der Waals surface area contributed by atoms with Crippen molar-refractivity contribution < 1.29 is 14.3 Å². The number of ether oxygens (including phenoxy) is 2. The number of halogens is 2. The topological polar surface area (TPSA) is 35.5 Å². The number of hydrogen-bond acceptors (Lipinski definition) is 3. The van der Waals surface area contributed by atoms with Crippen molar-refractivity contribution in [1.82, 2.24) is 0 Å². The van der Waals surface area contributed by atoms with Crippen molar-refractivity contribution in [2.24, 2.45) is 0 Å². The highest BCUT2D eigenvalue weighted by Crippen LogP contribution is 2.29. The van der Waals surface area contributed by atoms with Crippen LogP contribution in [-0.2, 0) is 16.1 Å². The van der Waals surface area contributed by atoms with E-state index in [0.29, 0.717) is 21.4 Å². The largest absolute Gasteiger partial charge is 0.481 e. The third-order valence-corrected chi connectivity index (χ3v) is 4.46. The number of benzene rings is 3. The Bertz CT molecular complexity index is 875. The molecule has 3 nitrogen and oxygen atoms in total. The predicted octanol–water partition coefficient (Wildman–Crippen LogP) is 5.78. The minimum atomic E-state index is -0.496. The van der Waals surface area contributed by atoms with E-state index >= 15 is 0 Å². The summed E-state index contributed by atoms with van der Waals surface area (Å²) in [5.74, 6) is 0.121. The molecule has 0 atom stereocenters. The van der Waals surface area contributed by atoms with Gasteiger partial charge in [-0.2, -0.15) is 0 Å². The average Bonchev–Trinajstić information content (AvgIpc) is 2.67. The predicted molar refractivity (Wildman–Crippen MR) is 104 cm³/mol. The van der Waals surface area contributed by atoms with Gasteiger partial charge in [0.1, 0.15) is 12.4 Å². The van der Waals surface area contributed by atoms with Crippen LogP contribution < -0.4 is 4.74 Å². The molecule has 0 aliphatic rings. The molecule has 0 spiro atoms. The van der Waals surface area contributed by atoms with Crippen molar-refractivity contribution in [3.05, 3.63) is 88.4 Å². The van der Waals surface area contributed by atoms with Crippen molar-refractivity contribution in [3.63, 3.8) is 0 Å². The van der Waals surface area contributed by atoms with Gasteiger partial charge in [0, 0.05) is 21.2 Å². The summed E-state index contributed by atoms with van der Waals surface area (Å²) < 4.78 is 10.9. The van der Waals surface area contributed by atoms with Gasteiger partial charge in [0.2, 0.25) is 0 Å². The van der Waals surface area contributed by atoms with E-state index in [2.05, 4.69) is 0 Å². The van der Waals surface area contributed by atoms with Gasteiger partial charge < -0.3 is 9.47 Å². The summed E-state index contributed by atoms with van der Waals surface area (Å²) >= 11 is 12.1. The molecule has 0 unspecified atom stereocenters. The summed E-state index contributed by atoms with van der Waals surface area (Å²) in [6.07, 6.45) is 0. The molecule has 0 N–H and O–H groups in total. The van der Waals surface area contributed by atoms with E-state index in [4.69, 9.17) is 32.7 Å². The molecule has 0 saturated heterocycles. The zero-order valence-corrected chi connectivity index (χ0v) is 15.3. The van der Waals surface area contributed by atoms with Crippen molar-refractivity contribution in [1.29, 1.82) is 0 Å². The second kappa shape index (κ2) is 8.75. The van der Waals surface area contributed by atoms with E-state index in [9.17, 15) is 4.79 Å². The monoisotopic (exact) mass is 386 g/mol. The Balaban J connectivity index is 1.62. The molecule has 5 heteroatoms. The first kappa shape index (κ1) is 18.3. The Labute approximate surface area is 162 Å². The molecule has 0 radical (unpaired) electrons. The van der Waals surface area contributed by atoms with E-state index in [1.807, 2.05) is 54.6 Å². The molecule has 0 aliphatic carbocycles. The molecular formula is C21H16Cl2O3. The normalized spacial score (nSPS) is 10.4. The van der Waals surface area contributed by atoms with Gasteiger partial charge in [-0.05, 0) is 23.8 Å². The first-order chi connectivity index (χ1) is 12.6. The fourth-order valence-electron chi connectivity index (χ4n) is 2.45. The third-order valence-electron chi connectivity index (χ3n) is 3.76. The van der Waals surface area contributed by atoms with Crippen molar-refractivity contribution in [2.45, 2.75) is 6.61 Å². The lowest BCUT2D eigenvalue weighted by molar-refractivity contribution is -0.147. The molecule has 3 rings (SSSR count). The Morgan fingerprint density at radius 3 is 2.19 bits per heavy atom. The standard InChI is InChI=1S/C21H16Cl2O3/c22-18-10-6-11-19(23)17(18)13-26-21(24)14-25-20-12-5-4-9-16(20)15-7-2-1-3-8-15/h1-12H,13-14H2. The van der Waals surface area contributed by atoms with Crippen molar-refractivity contribution in [2.75, 3.05) is 6.61 Å². The zero-order chi connectivity index (χ0) is 18.4. The maximum Gasteiger partial charge on any atom is 0.344 e. The lowest BCUT2D eigenvalue weighted by atomic mass is 10.1. The van der Waals surface area contributed by atoms with E-state index in [-0.39, 0.29) is 13.2 Å². The highest BCUT2D eigenvalue weighted by Gasteiger charge is 2.11. The smallest absolute Gasteiger partial charge is 0.344 e. The minimum absolute atomic E-state index is 0.00102. The van der Waals surface area contributed by atoms with Gasteiger partial charge in [-0.1, -0.05) is 77.8 Å². The molecule has 0 bridgehead atoms. The maximum absolute atomic E-state index is 12.0. The van der Waals surface area contributed by atoms with Crippen LogP contribution in [0.15, 0.2) is 72.8 Å². The van der Waals surface area contributed by atoms with Gasteiger partial charge in [-0.15, -0.1) is 0 Å². The second-order valence-corrected chi connectivity index (χ2v) is 6.33. The highest BCUT2D eigenvalue weighted by atomic mass is 35.5. The Kier molecular flexibility index (Phi) is 6.16. The number of para-hydroxylation sites is 1.